The third-order valence-electron chi connectivity index (χ3n) is 4.25. The van der Waals surface area contributed by atoms with E-state index in [0.717, 1.165) is 16.4 Å². The van der Waals surface area contributed by atoms with E-state index in [1.165, 1.54) is 4.90 Å². The van der Waals surface area contributed by atoms with Crippen LogP contribution in [0.1, 0.15) is 35.5 Å². The topological polar surface area (TPSA) is 47.4 Å². The Morgan fingerprint density at radius 1 is 1.15 bits per heavy atom. The standard InChI is InChI=1S/C18H20F3N3O2/c1-11-4-6-14(7-5-11)24-16(18(19,20)21)15(8-22-24)17(25)23-9-12(2)26-13(3)10-23/h4-8,12-13H,9-10H2,1-3H3. The summed E-state index contributed by atoms with van der Waals surface area (Å²) in [6, 6.07) is 6.49. The van der Waals surface area contributed by atoms with Crippen LogP contribution in [0.4, 0.5) is 13.2 Å². The van der Waals surface area contributed by atoms with E-state index in [0.29, 0.717) is 0 Å². The maximum atomic E-state index is 13.7. The van der Waals surface area contributed by atoms with Gasteiger partial charge in [0.1, 0.15) is 0 Å². The largest absolute Gasteiger partial charge is 0.434 e. The lowest BCUT2D eigenvalue weighted by Gasteiger charge is -2.35. The van der Waals surface area contributed by atoms with Gasteiger partial charge >= 0.3 is 6.18 Å². The van der Waals surface area contributed by atoms with Crippen LogP contribution in [0.2, 0.25) is 0 Å². The van der Waals surface area contributed by atoms with E-state index in [4.69, 9.17) is 4.74 Å². The number of hydrogen-bond donors (Lipinski definition) is 0. The van der Waals surface area contributed by atoms with E-state index >= 15 is 0 Å². The molecule has 0 radical (unpaired) electrons. The predicted octanol–water partition coefficient (Wildman–Crippen LogP) is 3.45. The van der Waals surface area contributed by atoms with Crippen molar-refractivity contribution >= 4 is 5.91 Å². The number of morpholine rings is 1. The molecule has 1 aliphatic rings. The number of ether oxygens (including phenoxy) is 1. The molecular formula is C18H20F3N3O2. The molecule has 1 saturated heterocycles. The zero-order chi connectivity index (χ0) is 19.1. The summed E-state index contributed by atoms with van der Waals surface area (Å²) in [5.74, 6) is -0.683. The van der Waals surface area contributed by atoms with Gasteiger partial charge in [0.05, 0.1) is 29.7 Å². The van der Waals surface area contributed by atoms with Crippen LogP contribution in [0.15, 0.2) is 30.5 Å². The molecule has 140 valence electrons. The first-order chi connectivity index (χ1) is 12.2. The zero-order valence-electron chi connectivity index (χ0n) is 14.7. The molecule has 1 amide bonds. The second kappa shape index (κ2) is 6.75. The molecule has 26 heavy (non-hydrogen) atoms. The molecule has 0 aliphatic carbocycles. The van der Waals surface area contributed by atoms with Gasteiger partial charge in [0.15, 0.2) is 5.69 Å². The first-order valence-electron chi connectivity index (χ1n) is 8.34. The summed E-state index contributed by atoms with van der Waals surface area (Å²) in [6.07, 6.45) is -4.18. The molecule has 8 heteroatoms. The number of halogens is 3. The van der Waals surface area contributed by atoms with Crippen LogP contribution in [-0.2, 0) is 10.9 Å². The molecule has 1 fully saturated rings. The number of rotatable bonds is 2. The number of amides is 1. The third kappa shape index (κ3) is 3.60. The molecule has 0 N–H and O–H groups in total. The number of benzene rings is 1. The molecule has 0 saturated carbocycles. The lowest BCUT2D eigenvalue weighted by atomic mass is 10.1. The summed E-state index contributed by atoms with van der Waals surface area (Å²) in [5, 5.41) is 3.85. The van der Waals surface area contributed by atoms with E-state index in [9.17, 15) is 18.0 Å². The first kappa shape index (κ1) is 18.4. The highest BCUT2D eigenvalue weighted by Gasteiger charge is 2.42. The Morgan fingerprint density at radius 3 is 2.27 bits per heavy atom. The fourth-order valence-electron chi connectivity index (χ4n) is 3.17. The molecule has 1 aromatic carbocycles. The van der Waals surface area contributed by atoms with Crippen LogP contribution in [0, 0.1) is 6.92 Å². The Morgan fingerprint density at radius 2 is 1.73 bits per heavy atom. The molecule has 2 atom stereocenters. The third-order valence-corrected chi connectivity index (χ3v) is 4.25. The molecule has 2 unspecified atom stereocenters. The molecule has 2 aromatic rings. The Balaban J connectivity index is 2.02. The number of aromatic nitrogens is 2. The zero-order valence-corrected chi connectivity index (χ0v) is 14.7. The van der Waals surface area contributed by atoms with Gasteiger partial charge in [0, 0.05) is 13.1 Å². The minimum atomic E-state index is -4.71. The second-order valence-electron chi connectivity index (χ2n) is 6.62. The second-order valence-corrected chi connectivity index (χ2v) is 6.62. The van der Waals surface area contributed by atoms with Gasteiger partial charge in [-0.15, -0.1) is 0 Å². The molecule has 1 aromatic heterocycles. The van der Waals surface area contributed by atoms with Crippen molar-refractivity contribution < 1.29 is 22.7 Å². The van der Waals surface area contributed by atoms with E-state index in [2.05, 4.69) is 5.10 Å². The Bertz CT molecular complexity index is 789. The summed E-state index contributed by atoms with van der Waals surface area (Å²) < 4.78 is 47.5. The highest BCUT2D eigenvalue weighted by molar-refractivity contribution is 5.95. The number of hydrogen-bond acceptors (Lipinski definition) is 3. The maximum Gasteiger partial charge on any atom is 0.434 e. The van der Waals surface area contributed by atoms with Gasteiger partial charge in [0.25, 0.3) is 5.91 Å². The molecular weight excluding hydrogens is 347 g/mol. The van der Waals surface area contributed by atoms with Gasteiger partial charge in [-0.05, 0) is 32.9 Å². The predicted molar refractivity (Wildman–Crippen MR) is 89.2 cm³/mol. The highest BCUT2D eigenvalue weighted by atomic mass is 19.4. The van der Waals surface area contributed by atoms with Crippen LogP contribution in [0.3, 0.4) is 0 Å². The minimum absolute atomic E-state index is 0.232. The van der Waals surface area contributed by atoms with Crippen molar-refractivity contribution in [2.24, 2.45) is 0 Å². The fourth-order valence-corrected chi connectivity index (χ4v) is 3.17. The van der Waals surface area contributed by atoms with Crippen LogP contribution in [-0.4, -0.2) is 45.9 Å². The molecule has 5 nitrogen and oxygen atoms in total. The summed E-state index contributed by atoms with van der Waals surface area (Å²) >= 11 is 0. The first-order valence-corrected chi connectivity index (χ1v) is 8.34. The number of carbonyl (C=O) groups is 1. The molecule has 0 bridgehead atoms. The Kier molecular flexibility index (Phi) is 4.79. The summed E-state index contributed by atoms with van der Waals surface area (Å²) in [6.45, 7) is 5.91. The van der Waals surface area contributed by atoms with Gasteiger partial charge in [-0.3, -0.25) is 4.79 Å². The van der Waals surface area contributed by atoms with Gasteiger partial charge < -0.3 is 9.64 Å². The van der Waals surface area contributed by atoms with Gasteiger partial charge in [-0.25, -0.2) is 4.68 Å². The number of aryl methyl sites for hydroxylation is 1. The molecule has 3 rings (SSSR count). The molecule has 1 aliphatic heterocycles. The normalized spacial score (nSPS) is 21.1. The maximum absolute atomic E-state index is 13.7. The van der Waals surface area contributed by atoms with Crippen molar-refractivity contribution in [2.75, 3.05) is 13.1 Å². The van der Waals surface area contributed by atoms with Crippen molar-refractivity contribution in [1.29, 1.82) is 0 Å². The van der Waals surface area contributed by atoms with E-state index in [1.807, 2.05) is 6.92 Å². The van der Waals surface area contributed by atoms with E-state index in [-0.39, 0.29) is 31.0 Å². The number of nitrogens with zero attached hydrogens (tertiary/aromatic N) is 3. The van der Waals surface area contributed by atoms with Crippen molar-refractivity contribution in [3.63, 3.8) is 0 Å². The van der Waals surface area contributed by atoms with Crippen LogP contribution >= 0.6 is 0 Å². The van der Waals surface area contributed by atoms with Crippen molar-refractivity contribution in [3.8, 4) is 5.69 Å². The van der Waals surface area contributed by atoms with Gasteiger partial charge in [-0.2, -0.15) is 18.3 Å². The Hall–Kier alpha value is -2.35. The van der Waals surface area contributed by atoms with Gasteiger partial charge in [0.2, 0.25) is 0 Å². The van der Waals surface area contributed by atoms with E-state index in [1.54, 1.807) is 38.1 Å². The SMILES string of the molecule is Cc1ccc(-n2ncc(C(=O)N3CC(C)OC(C)C3)c2C(F)(F)F)cc1. The quantitative estimate of drug-likeness (QED) is 0.817. The van der Waals surface area contributed by atoms with Gasteiger partial charge in [-0.1, -0.05) is 17.7 Å². The van der Waals surface area contributed by atoms with Crippen LogP contribution in [0.5, 0.6) is 0 Å². The average molecular weight is 367 g/mol. The minimum Gasteiger partial charge on any atom is -0.372 e. The van der Waals surface area contributed by atoms with Crippen molar-refractivity contribution in [1.82, 2.24) is 14.7 Å². The van der Waals surface area contributed by atoms with Crippen molar-refractivity contribution in [3.05, 3.63) is 47.3 Å². The monoisotopic (exact) mass is 367 g/mol. The summed E-state index contributed by atoms with van der Waals surface area (Å²) in [7, 11) is 0. The highest BCUT2D eigenvalue weighted by Crippen LogP contribution is 2.34. The lowest BCUT2D eigenvalue weighted by Crippen LogP contribution is -2.48. The summed E-state index contributed by atoms with van der Waals surface area (Å²) in [4.78, 5) is 14.2. The lowest BCUT2D eigenvalue weighted by molar-refractivity contribution is -0.143. The summed E-state index contributed by atoms with van der Waals surface area (Å²) in [5.41, 5.74) is -0.328. The number of alkyl halides is 3. The van der Waals surface area contributed by atoms with Crippen LogP contribution in [0.25, 0.3) is 5.69 Å². The molecule has 0 spiro atoms. The smallest absolute Gasteiger partial charge is 0.372 e. The number of carbonyl (C=O) groups excluding carboxylic acids is 1. The van der Waals surface area contributed by atoms with Crippen LogP contribution < -0.4 is 0 Å². The Labute approximate surface area is 149 Å². The average Bonchev–Trinajstić information content (AvgIpc) is 2.99. The van der Waals surface area contributed by atoms with E-state index < -0.39 is 23.3 Å². The molecule has 2 heterocycles. The van der Waals surface area contributed by atoms with Crippen molar-refractivity contribution in [2.45, 2.75) is 39.2 Å². The fraction of sp³-hybridized carbons (Fsp3) is 0.444.